The number of thioether (sulfide) groups is 1. The van der Waals surface area contributed by atoms with E-state index in [0.717, 1.165) is 31.4 Å². The molecule has 3 atom stereocenters. The van der Waals surface area contributed by atoms with Gasteiger partial charge in [-0.1, -0.05) is 26.7 Å². The summed E-state index contributed by atoms with van der Waals surface area (Å²) in [4.78, 5) is 29.4. The molecule has 0 aromatic carbocycles. The van der Waals surface area contributed by atoms with Crippen molar-refractivity contribution in [1.29, 1.82) is 5.26 Å². The van der Waals surface area contributed by atoms with Crippen molar-refractivity contribution in [2.24, 2.45) is 11.8 Å². The van der Waals surface area contributed by atoms with Gasteiger partial charge in [-0.3, -0.25) is 4.79 Å². The Morgan fingerprint density at radius 1 is 1.32 bits per heavy atom. The van der Waals surface area contributed by atoms with Crippen molar-refractivity contribution in [3.63, 3.8) is 0 Å². The first-order valence-electron chi connectivity index (χ1n) is 9.90. The van der Waals surface area contributed by atoms with Gasteiger partial charge in [-0.2, -0.15) is 5.26 Å². The zero-order valence-corrected chi connectivity index (χ0v) is 17.5. The fraction of sp³-hybridized carbons (Fsp3) is 0.619. The average molecular weight is 402 g/mol. The number of nitrogens with one attached hydrogen (secondary N) is 1. The van der Waals surface area contributed by atoms with Crippen LogP contribution >= 0.6 is 11.8 Å². The molecule has 1 amide bonds. The Morgan fingerprint density at radius 3 is 2.71 bits per heavy atom. The van der Waals surface area contributed by atoms with Crippen LogP contribution in [0.25, 0.3) is 0 Å². The number of nitrogens with zero attached hydrogens (tertiary/aromatic N) is 2. The number of carbonyl (C=O) groups excluding carboxylic acids is 2. The van der Waals surface area contributed by atoms with Gasteiger partial charge in [-0.25, -0.2) is 9.78 Å². The van der Waals surface area contributed by atoms with E-state index in [1.54, 1.807) is 6.07 Å². The van der Waals surface area contributed by atoms with E-state index in [4.69, 9.17) is 4.74 Å². The predicted molar refractivity (Wildman–Crippen MR) is 107 cm³/mol. The normalized spacial score (nSPS) is 24.3. The quantitative estimate of drug-likeness (QED) is 0.578. The van der Waals surface area contributed by atoms with E-state index in [-0.39, 0.29) is 29.7 Å². The average Bonchev–Trinajstić information content (AvgIpc) is 3.53. The van der Waals surface area contributed by atoms with E-state index >= 15 is 0 Å². The summed E-state index contributed by atoms with van der Waals surface area (Å²) in [5, 5.41) is 13.0. The number of ether oxygens (including phenoxy) is 1. The van der Waals surface area contributed by atoms with Crippen LogP contribution in [0.4, 0.5) is 0 Å². The topological polar surface area (TPSA) is 92.1 Å². The van der Waals surface area contributed by atoms with Crippen LogP contribution in [0.2, 0.25) is 0 Å². The van der Waals surface area contributed by atoms with Crippen molar-refractivity contribution in [3.05, 3.63) is 22.9 Å². The highest BCUT2D eigenvalue weighted by Crippen LogP contribution is 2.40. The minimum Gasteiger partial charge on any atom is -0.452 e. The number of aromatic nitrogens is 1. The molecule has 2 fully saturated rings. The van der Waals surface area contributed by atoms with Gasteiger partial charge in [0.1, 0.15) is 11.1 Å². The monoisotopic (exact) mass is 401 g/mol. The zero-order chi connectivity index (χ0) is 20.3. The van der Waals surface area contributed by atoms with Crippen LogP contribution in [0, 0.1) is 23.2 Å². The fourth-order valence-electron chi connectivity index (χ4n) is 3.79. The smallest absolute Gasteiger partial charge is 0.340 e. The minimum atomic E-state index is -0.642. The molecule has 1 aromatic rings. The van der Waals surface area contributed by atoms with Gasteiger partial charge < -0.3 is 10.1 Å². The highest BCUT2D eigenvalue weighted by atomic mass is 32.2. The number of amides is 1. The molecule has 2 aliphatic rings. The van der Waals surface area contributed by atoms with Gasteiger partial charge in [0.05, 0.1) is 11.1 Å². The highest BCUT2D eigenvalue weighted by Gasteiger charge is 2.30. The Balaban J connectivity index is 1.65. The lowest BCUT2D eigenvalue weighted by Crippen LogP contribution is -2.45. The first-order chi connectivity index (χ1) is 13.4. The van der Waals surface area contributed by atoms with Gasteiger partial charge in [0.15, 0.2) is 6.61 Å². The highest BCUT2D eigenvalue weighted by molar-refractivity contribution is 7.98. The summed E-state index contributed by atoms with van der Waals surface area (Å²) in [6.45, 7) is 4.02. The summed E-state index contributed by atoms with van der Waals surface area (Å²) in [5.41, 5.74) is 1.25. The summed E-state index contributed by atoms with van der Waals surface area (Å²) < 4.78 is 5.25. The molecule has 150 valence electrons. The van der Waals surface area contributed by atoms with E-state index in [1.165, 1.54) is 18.2 Å². The molecule has 1 heterocycles. The Bertz CT molecular complexity index is 801. The summed E-state index contributed by atoms with van der Waals surface area (Å²) in [5.74, 6) is 0.394. The van der Waals surface area contributed by atoms with Crippen molar-refractivity contribution in [3.8, 4) is 6.07 Å². The van der Waals surface area contributed by atoms with Gasteiger partial charge in [0.2, 0.25) is 0 Å². The van der Waals surface area contributed by atoms with E-state index in [0.29, 0.717) is 22.8 Å². The van der Waals surface area contributed by atoms with Gasteiger partial charge in [0.25, 0.3) is 5.91 Å². The fourth-order valence-corrected chi connectivity index (χ4v) is 4.35. The molecular weight excluding hydrogens is 374 g/mol. The third-order valence-electron chi connectivity index (χ3n) is 5.91. The van der Waals surface area contributed by atoms with Crippen LogP contribution in [0.3, 0.4) is 0 Å². The summed E-state index contributed by atoms with van der Waals surface area (Å²) >= 11 is 1.34. The standard InChI is InChI=1S/C21H27N3O3S/c1-12-5-4-6-17(13(12)2)23-19(25)11-27-21(26)15-9-18(14-7-8-14)24-20(28-3)16(15)10-22/h9,12-14,17H,4-8,11H2,1-3H3,(H,23,25). The third kappa shape index (κ3) is 4.67. The molecule has 0 saturated heterocycles. The Hall–Kier alpha value is -2.07. The van der Waals surface area contributed by atoms with Crippen LogP contribution in [0.1, 0.15) is 73.5 Å². The lowest BCUT2D eigenvalue weighted by atomic mass is 9.78. The van der Waals surface area contributed by atoms with Crippen molar-refractivity contribution < 1.29 is 14.3 Å². The van der Waals surface area contributed by atoms with Gasteiger partial charge in [0, 0.05) is 17.7 Å². The van der Waals surface area contributed by atoms with Crippen LogP contribution < -0.4 is 5.32 Å². The molecule has 6 nitrogen and oxygen atoms in total. The second-order valence-corrected chi connectivity index (χ2v) is 8.68. The lowest BCUT2D eigenvalue weighted by molar-refractivity contribution is -0.125. The maximum Gasteiger partial charge on any atom is 0.340 e. The minimum absolute atomic E-state index is 0.120. The second kappa shape index (κ2) is 8.95. The first kappa shape index (κ1) is 20.7. The van der Waals surface area contributed by atoms with Gasteiger partial charge in [-0.15, -0.1) is 11.8 Å². The number of pyridine rings is 1. The summed E-state index contributed by atoms with van der Waals surface area (Å²) in [6.07, 6.45) is 7.15. The number of nitriles is 1. The van der Waals surface area contributed by atoms with Crippen LogP contribution in [-0.4, -0.2) is 35.8 Å². The molecule has 1 N–H and O–H groups in total. The molecule has 0 bridgehead atoms. The molecular formula is C21H27N3O3S. The van der Waals surface area contributed by atoms with Crippen molar-refractivity contribution in [1.82, 2.24) is 10.3 Å². The van der Waals surface area contributed by atoms with E-state index in [2.05, 4.69) is 30.2 Å². The third-order valence-corrected chi connectivity index (χ3v) is 6.60. The van der Waals surface area contributed by atoms with Gasteiger partial charge in [-0.05, 0) is 43.4 Å². The Kier molecular flexibility index (Phi) is 6.61. The van der Waals surface area contributed by atoms with Crippen molar-refractivity contribution in [2.75, 3.05) is 12.9 Å². The zero-order valence-electron chi connectivity index (χ0n) is 16.7. The number of hydrogen-bond acceptors (Lipinski definition) is 6. The van der Waals surface area contributed by atoms with Crippen LogP contribution in [0.5, 0.6) is 0 Å². The molecule has 2 saturated carbocycles. The molecule has 0 radical (unpaired) electrons. The number of rotatable bonds is 6. The molecule has 1 aromatic heterocycles. The Labute approximate surface area is 170 Å². The number of carbonyl (C=O) groups is 2. The molecule has 7 heteroatoms. The SMILES string of the molecule is CSc1nc(C2CC2)cc(C(=O)OCC(=O)NC2CCCC(C)C2C)c1C#N. The van der Waals surface area contributed by atoms with Gasteiger partial charge >= 0.3 is 5.97 Å². The van der Waals surface area contributed by atoms with Crippen molar-refractivity contribution >= 4 is 23.6 Å². The molecule has 3 unspecified atom stereocenters. The van der Waals surface area contributed by atoms with Crippen LogP contribution in [-0.2, 0) is 9.53 Å². The van der Waals surface area contributed by atoms with E-state index < -0.39 is 5.97 Å². The predicted octanol–water partition coefficient (Wildman–Crippen LogP) is 3.65. The van der Waals surface area contributed by atoms with Crippen molar-refractivity contribution in [2.45, 2.75) is 62.9 Å². The maximum atomic E-state index is 12.6. The van der Waals surface area contributed by atoms with E-state index in [9.17, 15) is 14.9 Å². The molecule has 0 spiro atoms. The van der Waals surface area contributed by atoms with E-state index in [1.807, 2.05) is 6.26 Å². The summed E-state index contributed by atoms with van der Waals surface area (Å²) in [6, 6.07) is 3.84. The summed E-state index contributed by atoms with van der Waals surface area (Å²) in [7, 11) is 0. The number of esters is 1. The molecule has 0 aliphatic heterocycles. The molecule has 28 heavy (non-hydrogen) atoms. The second-order valence-electron chi connectivity index (χ2n) is 7.88. The van der Waals surface area contributed by atoms with Crippen LogP contribution in [0.15, 0.2) is 11.1 Å². The molecule has 3 rings (SSSR count). The lowest BCUT2D eigenvalue weighted by Gasteiger charge is -2.34. The molecule has 2 aliphatic carbocycles. The Morgan fingerprint density at radius 2 is 2.07 bits per heavy atom. The maximum absolute atomic E-state index is 12.6. The first-order valence-corrected chi connectivity index (χ1v) is 11.1. The largest absolute Gasteiger partial charge is 0.452 e. The number of hydrogen-bond donors (Lipinski definition) is 1.